The van der Waals surface area contributed by atoms with E-state index in [-0.39, 0.29) is 0 Å². The number of ether oxygens (including phenoxy) is 1. The van der Waals surface area contributed by atoms with Crippen LogP contribution in [0.4, 0.5) is 8.78 Å². The van der Waals surface area contributed by atoms with Gasteiger partial charge in [-0.2, -0.15) is 0 Å². The fraction of sp³-hybridized carbons (Fsp3) is 0.0500. The summed E-state index contributed by atoms with van der Waals surface area (Å²) in [7, 11) is 0.629. The molecule has 0 heterocycles. The molecular weight excluding hydrogens is 342 g/mol. The number of hydrogen-bond donors (Lipinski definition) is 0. The van der Waals surface area contributed by atoms with Gasteiger partial charge in [0.15, 0.2) is 14.7 Å². The normalized spacial score (nSPS) is 11.8. The van der Waals surface area contributed by atoms with Crippen LogP contribution >= 0.6 is 0 Å². The van der Waals surface area contributed by atoms with E-state index in [4.69, 9.17) is 4.74 Å². The maximum absolute atomic E-state index is 13.7. The molecule has 0 fully saturated rings. The first-order chi connectivity index (χ1) is 12.1. The van der Waals surface area contributed by atoms with Gasteiger partial charge in [-0.15, -0.1) is 0 Å². The quantitative estimate of drug-likeness (QED) is 0.493. The summed E-state index contributed by atoms with van der Waals surface area (Å²) >= 11 is 0. The smallest absolute Gasteiger partial charge is 0.337 e. The maximum atomic E-state index is 13.7. The zero-order valence-electron chi connectivity index (χ0n) is 13.4. The second-order valence-electron chi connectivity index (χ2n) is 5.24. The Kier molecular flexibility index (Phi) is 5.14. The van der Waals surface area contributed by atoms with E-state index in [9.17, 15) is 13.6 Å². The number of halogens is 2. The molecule has 0 radical (unpaired) electrons. The van der Waals surface area contributed by atoms with E-state index in [0.29, 0.717) is 10.5 Å². The highest BCUT2D eigenvalue weighted by Gasteiger charge is 2.30. The van der Waals surface area contributed by atoms with Gasteiger partial charge in [-0.3, -0.25) is 0 Å². The van der Waals surface area contributed by atoms with Crippen molar-refractivity contribution in [1.82, 2.24) is 0 Å². The van der Waals surface area contributed by atoms with E-state index in [2.05, 4.69) is 0 Å². The first kappa shape index (κ1) is 17.2. The summed E-state index contributed by atoms with van der Waals surface area (Å²) in [5.74, 6) is -1.66. The van der Waals surface area contributed by atoms with Crippen molar-refractivity contribution < 1.29 is 18.3 Å². The molecule has 0 aromatic heterocycles. The van der Waals surface area contributed by atoms with Crippen LogP contribution in [0.3, 0.4) is 0 Å². The van der Waals surface area contributed by atoms with Gasteiger partial charge in [-0.1, -0.05) is 18.2 Å². The first-order valence-corrected chi connectivity index (χ1v) is 8.75. The summed E-state index contributed by atoms with van der Waals surface area (Å²) in [4.78, 5) is 13.9. The average molecular weight is 357 g/mol. The molecule has 0 spiro atoms. The summed E-state index contributed by atoms with van der Waals surface area (Å²) in [5.41, 5.74) is 0.424. The summed E-state index contributed by atoms with van der Waals surface area (Å²) in [6.07, 6.45) is 0. The minimum atomic E-state index is -0.691. The van der Waals surface area contributed by atoms with Crippen LogP contribution in [0.1, 0.15) is 10.4 Å². The SMILES string of the molecule is COC(=O)c1ccc([S+](c2ccccc2)c2cc(F)cc(F)c2)cc1. The largest absolute Gasteiger partial charge is 0.465 e. The van der Waals surface area contributed by atoms with Gasteiger partial charge >= 0.3 is 5.97 Å². The number of esters is 1. The van der Waals surface area contributed by atoms with Gasteiger partial charge in [0, 0.05) is 18.2 Å². The van der Waals surface area contributed by atoms with Crippen LogP contribution in [-0.2, 0) is 15.6 Å². The average Bonchev–Trinajstić information content (AvgIpc) is 2.62. The van der Waals surface area contributed by atoms with E-state index < -0.39 is 28.5 Å². The van der Waals surface area contributed by atoms with Gasteiger partial charge < -0.3 is 4.74 Å². The Morgan fingerprint density at radius 1 is 0.800 bits per heavy atom. The fourth-order valence-electron chi connectivity index (χ4n) is 2.46. The molecule has 0 aliphatic rings. The Balaban J connectivity index is 2.10. The van der Waals surface area contributed by atoms with Crippen molar-refractivity contribution in [1.29, 1.82) is 0 Å². The molecular formula is C20H15F2O2S+. The second kappa shape index (κ2) is 7.49. The first-order valence-electron chi connectivity index (χ1n) is 7.52. The number of carbonyl (C=O) groups excluding carboxylic acids is 1. The van der Waals surface area contributed by atoms with Crippen molar-refractivity contribution in [2.45, 2.75) is 14.7 Å². The van der Waals surface area contributed by atoms with Crippen molar-refractivity contribution in [3.63, 3.8) is 0 Å². The van der Waals surface area contributed by atoms with Gasteiger partial charge in [0.05, 0.1) is 23.6 Å². The number of rotatable bonds is 4. The lowest BCUT2D eigenvalue weighted by Gasteiger charge is -2.09. The third-order valence-corrected chi connectivity index (χ3v) is 5.76. The lowest BCUT2D eigenvalue weighted by Crippen LogP contribution is -2.07. The van der Waals surface area contributed by atoms with Gasteiger partial charge in [0.1, 0.15) is 11.6 Å². The molecule has 0 saturated carbocycles. The van der Waals surface area contributed by atoms with E-state index >= 15 is 0 Å². The molecule has 3 rings (SSSR count). The van der Waals surface area contributed by atoms with Crippen molar-refractivity contribution in [3.05, 3.63) is 90.0 Å². The number of methoxy groups -OCH3 is 1. The van der Waals surface area contributed by atoms with Crippen LogP contribution in [0.5, 0.6) is 0 Å². The van der Waals surface area contributed by atoms with Crippen LogP contribution < -0.4 is 0 Å². The van der Waals surface area contributed by atoms with Gasteiger partial charge in [-0.05, 0) is 36.4 Å². The third-order valence-electron chi connectivity index (χ3n) is 3.56. The molecule has 1 unspecified atom stereocenters. The molecule has 0 saturated heterocycles. The standard InChI is InChI=1S/C20H15F2O2S/c1-24-20(23)14-7-9-18(10-8-14)25(17-5-3-2-4-6-17)19-12-15(21)11-16(22)13-19/h2-13H,1H3/q+1. The zero-order chi connectivity index (χ0) is 17.8. The number of carbonyl (C=O) groups is 1. The van der Waals surface area contributed by atoms with E-state index in [1.165, 1.54) is 19.2 Å². The van der Waals surface area contributed by atoms with E-state index in [0.717, 1.165) is 15.9 Å². The van der Waals surface area contributed by atoms with Crippen LogP contribution in [0.25, 0.3) is 0 Å². The molecule has 126 valence electrons. The molecule has 5 heteroatoms. The molecule has 0 amide bonds. The molecule has 0 bridgehead atoms. The highest BCUT2D eigenvalue weighted by atomic mass is 32.2. The van der Waals surface area contributed by atoms with Crippen molar-refractivity contribution in [2.75, 3.05) is 7.11 Å². The Morgan fingerprint density at radius 2 is 1.36 bits per heavy atom. The number of benzene rings is 3. The highest BCUT2D eigenvalue weighted by Crippen LogP contribution is 2.32. The summed E-state index contributed by atoms with van der Waals surface area (Å²) in [5, 5.41) is 0. The second-order valence-corrected chi connectivity index (χ2v) is 7.27. The van der Waals surface area contributed by atoms with Crippen LogP contribution in [0, 0.1) is 11.6 Å². The van der Waals surface area contributed by atoms with Crippen molar-refractivity contribution >= 4 is 16.9 Å². The van der Waals surface area contributed by atoms with Gasteiger partial charge in [0.25, 0.3) is 0 Å². The molecule has 0 aliphatic carbocycles. The fourth-order valence-corrected chi connectivity index (χ4v) is 4.57. The molecule has 2 nitrogen and oxygen atoms in total. The molecule has 0 aliphatic heterocycles. The summed E-state index contributed by atoms with van der Waals surface area (Å²) < 4.78 is 32.2. The lowest BCUT2D eigenvalue weighted by molar-refractivity contribution is 0.0600. The van der Waals surface area contributed by atoms with E-state index in [1.807, 2.05) is 30.3 Å². The topological polar surface area (TPSA) is 26.3 Å². The minimum Gasteiger partial charge on any atom is -0.465 e. The molecule has 3 aromatic rings. The monoisotopic (exact) mass is 357 g/mol. The zero-order valence-corrected chi connectivity index (χ0v) is 14.2. The van der Waals surface area contributed by atoms with Crippen LogP contribution in [-0.4, -0.2) is 13.1 Å². The Bertz CT molecular complexity index is 860. The van der Waals surface area contributed by atoms with Crippen molar-refractivity contribution in [2.24, 2.45) is 0 Å². The van der Waals surface area contributed by atoms with Gasteiger partial charge in [-0.25, -0.2) is 13.6 Å². The Labute approximate surface area is 147 Å². The predicted molar refractivity (Wildman–Crippen MR) is 92.7 cm³/mol. The molecule has 0 N–H and O–H groups in total. The van der Waals surface area contributed by atoms with E-state index in [1.54, 1.807) is 24.3 Å². The highest BCUT2D eigenvalue weighted by molar-refractivity contribution is 7.97. The molecule has 25 heavy (non-hydrogen) atoms. The van der Waals surface area contributed by atoms with Gasteiger partial charge in [0.2, 0.25) is 0 Å². The third kappa shape index (κ3) is 3.88. The van der Waals surface area contributed by atoms with Crippen LogP contribution in [0.2, 0.25) is 0 Å². The summed E-state index contributed by atoms with van der Waals surface area (Å²) in [6, 6.07) is 19.9. The van der Waals surface area contributed by atoms with Crippen LogP contribution in [0.15, 0.2) is 87.5 Å². The maximum Gasteiger partial charge on any atom is 0.337 e. The Morgan fingerprint density at radius 3 is 1.92 bits per heavy atom. The lowest BCUT2D eigenvalue weighted by atomic mass is 10.2. The summed E-state index contributed by atoms with van der Waals surface area (Å²) in [6.45, 7) is 0. The minimum absolute atomic E-state index is 0.424. The molecule has 1 atom stereocenters. The Hall–Kier alpha value is -2.66. The molecule has 3 aromatic carbocycles. The van der Waals surface area contributed by atoms with Crippen molar-refractivity contribution in [3.8, 4) is 0 Å². The number of hydrogen-bond acceptors (Lipinski definition) is 2. The predicted octanol–water partition coefficient (Wildman–Crippen LogP) is 4.85.